The van der Waals surface area contributed by atoms with Crippen molar-refractivity contribution in [3.05, 3.63) is 34.4 Å². The van der Waals surface area contributed by atoms with Gasteiger partial charge in [-0.15, -0.1) is 0 Å². The lowest BCUT2D eigenvalue weighted by atomic mass is 10.0. The van der Waals surface area contributed by atoms with Crippen LogP contribution in [0.4, 0.5) is 0 Å². The Balaban J connectivity index is 2.04. The summed E-state index contributed by atoms with van der Waals surface area (Å²) in [6.45, 7) is 3.32. The molecular formula is C18H22BrN3O4. The molecule has 0 saturated carbocycles. The van der Waals surface area contributed by atoms with Crippen LogP contribution in [0.25, 0.3) is 10.9 Å². The van der Waals surface area contributed by atoms with Gasteiger partial charge in [0.1, 0.15) is 6.04 Å². The number of halogens is 1. The average Bonchev–Trinajstić information content (AvgIpc) is 2.92. The van der Waals surface area contributed by atoms with Crippen molar-refractivity contribution in [2.75, 3.05) is 33.2 Å². The van der Waals surface area contributed by atoms with E-state index in [9.17, 15) is 14.7 Å². The molecule has 1 aromatic carbocycles. The van der Waals surface area contributed by atoms with E-state index >= 15 is 0 Å². The molecule has 2 N–H and O–H groups in total. The Morgan fingerprint density at radius 1 is 1.19 bits per heavy atom. The minimum atomic E-state index is -0.883. The molecule has 26 heavy (non-hydrogen) atoms. The topological polar surface area (TPSA) is 86.0 Å². The highest BCUT2D eigenvalue weighted by Gasteiger charge is 2.32. The second-order valence-corrected chi connectivity index (χ2v) is 7.58. The Morgan fingerprint density at radius 2 is 1.88 bits per heavy atom. The first kappa shape index (κ1) is 18.9. The zero-order valence-electron chi connectivity index (χ0n) is 14.6. The zero-order chi connectivity index (χ0) is 18.8. The number of carboxylic acid groups (broad SMARTS) is 2. The summed E-state index contributed by atoms with van der Waals surface area (Å²) in [6, 6.07) is 4.95. The fourth-order valence-electron chi connectivity index (χ4n) is 3.48. The molecule has 1 aromatic heterocycles. The number of rotatable bonds is 6. The van der Waals surface area contributed by atoms with Crippen molar-refractivity contribution in [3.8, 4) is 0 Å². The molecular weight excluding hydrogens is 402 g/mol. The molecule has 1 saturated heterocycles. The number of hydrogen-bond donors (Lipinski definition) is 2. The normalized spacial score (nSPS) is 17.5. The van der Waals surface area contributed by atoms with Crippen LogP contribution in [0.3, 0.4) is 0 Å². The molecule has 0 radical (unpaired) electrons. The number of carboxylic acids is 2. The standard InChI is InChI=1S/C18H22BrN3O4/c1-20-6-8-21(9-7-20)17(18(25)26)14-11-22(5-4-16(23)24)15-3-2-12(19)10-13(14)15/h2-3,10-11,17H,4-9H2,1H3,(H,23,24)(H,25,26)/t17-/m0/s1. The molecule has 0 unspecified atom stereocenters. The van der Waals surface area contributed by atoms with Gasteiger partial charge in [-0.1, -0.05) is 15.9 Å². The lowest BCUT2D eigenvalue weighted by molar-refractivity contribution is -0.144. The number of fused-ring (bicyclic) bond motifs is 1. The maximum Gasteiger partial charge on any atom is 0.325 e. The van der Waals surface area contributed by atoms with Crippen LogP contribution in [0.5, 0.6) is 0 Å². The van der Waals surface area contributed by atoms with Crippen molar-refractivity contribution >= 4 is 38.8 Å². The van der Waals surface area contributed by atoms with Crippen LogP contribution in [-0.2, 0) is 16.1 Å². The first-order chi connectivity index (χ1) is 12.4. The third-order valence-corrected chi connectivity index (χ3v) is 5.37. The predicted octanol–water partition coefficient (Wildman–Crippen LogP) is 2.25. The van der Waals surface area contributed by atoms with Gasteiger partial charge in [-0.3, -0.25) is 14.5 Å². The summed E-state index contributed by atoms with van der Waals surface area (Å²) in [6.07, 6.45) is 1.79. The summed E-state index contributed by atoms with van der Waals surface area (Å²) >= 11 is 3.46. The Labute approximate surface area is 159 Å². The van der Waals surface area contributed by atoms with Crippen LogP contribution in [0.2, 0.25) is 0 Å². The van der Waals surface area contributed by atoms with E-state index in [0.717, 1.165) is 28.5 Å². The van der Waals surface area contributed by atoms with Crippen molar-refractivity contribution in [3.63, 3.8) is 0 Å². The average molecular weight is 424 g/mol. The fourth-order valence-corrected chi connectivity index (χ4v) is 3.84. The van der Waals surface area contributed by atoms with E-state index in [-0.39, 0.29) is 6.42 Å². The van der Waals surface area contributed by atoms with E-state index in [2.05, 4.69) is 20.8 Å². The number of benzene rings is 1. The second-order valence-electron chi connectivity index (χ2n) is 6.66. The van der Waals surface area contributed by atoms with E-state index in [1.165, 1.54) is 0 Å². The number of likely N-dealkylation sites (N-methyl/N-ethyl adjacent to an activating group) is 1. The van der Waals surface area contributed by atoms with E-state index < -0.39 is 18.0 Å². The lowest BCUT2D eigenvalue weighted by Crippen LogP contribution is -2.47. The summed E-state index contributed by atoms with van der Waals surface area (Å²) < 4.78 is 2.71. The third-order valence-electron chi connectivity index (χ3n) is 4.87. The number of aromatic nitrogens is 1. The first-order valence-corrected chi connectivity index (χ1v) is 9.31. The molecule has 0 bridgehead atoms. The largest absolute Gasteiger partial charge is 0.481 e. The second kappa shape index (κ2) is 7.77. The van der Waals surface area contributed by atoms with Gasteiger partial charge in [-0.2, -0.15) is 0 Å². The SMILES string of the molecule is CN1CCN([C@H](C(=O)O)c2cn(CCC(=O)O)c3ccc(Br)cc23)CC1. The van der Waals surface area contributed by atoms with Gasteiger partial charge in [0, 0.05) is 59.9 Å². The van der Waals surface area contributed by atoms with E-state index in [1.807, 2.05) is 34.7 Å². The highest BCUT2D eigenvalue weighted by Crippen LogP contribution is 2.33. The maximum atomic E-state index is 12.1. The molecule has 3 rings (SSSR count). The van der Waals surface area contributed by atoms with Gasteiger partial charge in [-0.25, -0.2) is 0 Å². The van der Waals surface area contributed by atoms with Gasteiger partial charge in [-0.05, 0) is 25.2 Å². The Morgan fingerprint density at radius 3 is 2.50 bits per heavy atom. The van der Waals surface area contributed by atoms with E-state index in [1.54, 1.807) is 6.20 Å². The smallest absolute Gasteiger partial charge is 0.325 e. The predicted molar refractivity (Wildman–Crippen MR) is 101 cm³/mol. The third kappa shape index (κ3) is 3.92. The summed E-state index contributed by atoms with van der Waals surface area (Å²) in [5.41, 5.74) is 1.56. The number of hydrogen-bond acceptors (Lipinski definition) is 4. The van der Waals surface area contributed by atoms with Gasteiger partial charge < -0.3 is 19.7 Å². The highest BCUT2D eigenvalue weighted by molar-refractivity contribution is 9.10. The zero-order valence-corrected chi connectivity index (χ0v) is 16.1. The monoisotopic (exact) mass is 423 g/mol. The summed E-state index contributed by atoms with van der Waals surface area (Å²) in [5.74, 6) is -1.76. The van der Waals surface area contributed by atoms with Crippen molar-refractivity contribution < 1.29 is 19.8 Å². The Bertz CT molecular complexity index is 827. The molecule has 7 nitrogen and oxygen atoms in total. The van der Waals surface area contributed by atoms with Crippen LogP contribution < -0.4 is 0 Å². The molecule has 1 atom stereocenters. The molecule has 0 spiro atoms. The molecule has 0 amide bonds. The molecule has 1 fully saturated rings. The van der Waals surface area contributed by atoms with E-state index in [0.29, 0.717) is 25.2 Å². The minimum Gasteiger partial charge on any atom is -0.481 e. The van der Waals surface area contributed by atoms with Crippen LogP contribution in [-0.4, -0.2) is 69.7 Å². The van der Waals surface area contributed by atoms with Gasteiger partial charge >= 0.3 is 11.9 Å². The van der Waals surface area contributed by atoms with Crippen molar-refractivity contribution in [2.45, 2.75) is 19.0 Å². The van der Waals surface area contributed by atoms with Crippen LogP contribution in [0, 0.1) is 0 Å². The quantitative estimate of drug-likeness (QED) is 0.740. The molecule has 8 heteroatoms. The lowest BCUT2D eigenvalue weighted by Gasteiger charge is -2.36. The number of aliphatic carboxylic acids is 2. The number of nitrogens with zero attached hydrogens (tertiary/aromatic N) is 3. The Kier molecular flexibility index (Phi) is 5.64. The molecule has 2 heterocycles. The van der Waals surface area contributed by atoms with Crippen LogP contribution in [0.1, 0.15) is 18.0 Å². The van der Waals surface area contributed by atoms with Gasteiger partial charge in [0.25, 0.3) is 0 Å². The van der Waals surface area contributed by atoms with Gasteiger partial charge in [0.2, 0.25) is 0 Å². The molecule has 2 aromatic rings. The summed E-state index contributed by atoms with van der Waals surface area (Å²) in [4.78, 5) is 27.2. The number of aryl methyl sites for hydroxylation is 1. The Hall–Kier alpha value is -1.90. The first-order valence-electron chi connectivity index (χ1n) is 8.52. The van der Waals surface area contributed by atoms with Crippen molar-refractivity contribution in [2.24, 2.45) is 0 Å². The fraction of sp³-hybridized carbons (Fsp3) is 0.444. The number of piperazine rings is 1. The molecule has 1 aliphatic heterocycles. The van der Waals surface area contributed by atoms with Gasteiger partial charge in [0.05, 0.1) is 6.42 Å². The highest BCUT2D eigenvalue weighted by atomic mass is 79.9. The minimum absolute atomic E-state index is 0.00840. The maximum absolute atomic E-state index is 12.1. The summed E-state index contributed by atoms with van der Waals surface area (Å²) in [5, 5.41) is 19.8. The van der Waals surface area contributed by atoms with Crippen molar-refractivity contribution in [1.82, 2.24) is 14.4 Å². The van der Waals surface area contributed by atoms with E-state index in [4.69, 9.17) is 5.11 Å². The van der Waals surface area contributed by atoms with Crippen LogP contribution >= 0.6 is 15.9 Å². The molecule has 140 valence electrons. The molecule has 0 aliphatic carbocycles. The van der Waals surface area contributed by atoms with Gasteiger partial charge in [0.15, 0.2) is 0 Å². The molecule has 1 aliphatic rings. The summed E-state index contributed by atoms with van der Waals surface area (Å²) in [7, 11) is 2.03. The number of carbonyl (C=O) groups is 2. The van der Waals surface area contributed by atoms with Crippen LogP contribution in [0.15, 0.2) is 28.9 Å². The van der Waals surface area contributed by atoms with Crippen molar-refractivity contribution in [1.29, 1.82) is 0 Å².